The van der Waals surface area contributed by atoms with E-state index in [1.807, 2.05) is 0 Å². The Labute approximate surface area is 143 Å². The zero-order chi connectivity index (χ0) is 16.3. The van der Waals surface area contributed by atoms with Crippen molar-refractivity contribution in [2.45, 2.75) is 0 Å². The zero-order valence-electron chi connectivity index (χ0n) is 11.8. The van der Waals surface area contributed by atoms with E-state index >= 15 is 0 Å². The molecule has 2 rings (SSSR count). The number of hydrogen-bond donors (Lipinski definition) is 5. The van der Waals surface area contributed by atoms with Crippen LogP contribution in [0.5, 0.6) is 23.0 Å². The second kappa shape index (κ2) is 7.48. The number of nitrogens with two attached hydrogens (primary N) is 1. The van der Waals surface area contributed by atoms with Gasteiger partial charge < -0.3 is 31.9 Å². The van der Waals surface area contributed by atoms with Crippen LogP contribution in [0.25, 0.3) is 17.9 Å². The van der Waals surface area contributed by atoms with Crippen LogP contribution in [-0.4, -0.2) is 20.4 Å². The van der Waals surface area contributed by atoms with Crippen molar-refractivity contribution < 1.29 is 37.2 Å². The first kappa shape index (κ1) is 18.3. The number of phenolic OH excluding ortho intramolecular Hbond substituents is 4. The van der Waals surface area contributed by atoms with E-state index in [9.17, 15) is 20.4 Å². The summed E-state index contributed by atoms with van der Waals surface area (Å²) in [5.74, 6) is -0.504. The Balaban J connectivity index is 0.00000264. The SMILES string of the molecule is [Co].[NH-]C(=Cc1ccc(O)cc1O)C(N)=Cc1ccc(O)cc1O. The zero-order valence-corrected chi connectivity index (χ0v) is 12.9. The van der Waals surface area contributed by atoms with Gasteiger partial charge in [-0.25, -0.2) is 0 Å². The van der Waals surface area contributed by atoms with Gasteiger partial charge in [0, 0.05) is 45.7 Å². The molecule has 0 aromatic heterocycles. The maximum Gasteiger partial charge on any atom is 0.126 e. The molecule has 2 aromatic rings. The van der Waals surface area contributed by atoms with Gasteiger partial charge >= 0.3 is 0 Å². The quantitative estimate of drug-likeness (QED) is 0.539. The van der Waals surface area contributed by atoms with Crippen LogP contribution in [0, 0.1) is 0 Å². The van der Waals surface area contributed by atoms with E-state index in [1.54, 1.807) is 0 Å². The first-order valence-electron chi connectivity index (χ1n) is 6.31. The standard InChI is InChI=1S/C16H15N2O4.Co/c17-13(5-9-1-3-11(19)7-15(9)21)14(18)6-10-2-4-12(20)8-16(10)22;/h1-8,17,19-22H,18H2;/q-1;. The van der Waals surface area contributed by atoms with Crippen LogP contribution in [0.2, 0.25) is 0 Å². The number of rotatable bonds is 3. The van der Waals surface area contributed by atoms with Crippen molar-refractivity contribution in [1.82, 2.24) is 0 Å². The Bertz CT molecular complexity index is 707. The van der Waals surface area contributed by atoms with Gasteiger partial charge in [0.15, 0.2) is 0 Å². The third-order valence-corrected chi connectivity index (χ3v) is 2.95. The Morgan fingerprint density at radius 3 is 1.70 bits per heavy atom. The summed E-state index contributed by atoms with van der Waals surface area (Å²) in [6.45, 7) is 0. The summed E-state index contributed by atoms with van der Waals surface area (Å²) in [6.07, 6.45) is 2.71. The molecular formula is C16H15CoN2O4-. The monoisotopic (exact) mass is 358 g/mol. The van der Waals surface area contributed by atoms with Crippen molar-refractivity contribution in [3.63, 3.8) is 0 Å². The van der Waals surface area contributed by atoms with E-state index < -0.39 is 0 Å². The first-order chi connectivity index (χ1) is 10.4. The predicted molar refractivity (Wildman–Crippen MR) is 84.0 cm³/mol. The third-order valence-electron chi connectivity index (χ3n) is 2.95. The summed E-state index contributed by atoms with van der Waals surface area (Å²) in [5.41, 5.74) is 14.3. The predicted octanol–water partition coefficient (Wildman–Crippen LogP) is 2.90. The van der Waals surface area contributed by atoms with Crippen molar-refractivity contribution in [1.29, 1.82) is 0 Å². The summed E-state index contributed by atoms with van der Waals surface area (Å²) < 4.78 is 0. The maximum atomic E-state index is 9.68. The number of benzene rings is 2. The number of hydrogen-bond acceptors (Lipinski definition) is 5. The fraction of sp³-hybridized carbons (Fsp3) is 0. The minimum absolute atomic E-state index is 0. The molecule has 0 saturated heterocycles. The smallest absolute Gasteiger partial charge is 0.126 e. The molecule has 0 atom stereocenters. The van der Waals surface area contributed by atoms with Crippen molar-refractivity contribution in [3.8, 4) is 23.0 Å². The maximum absolute atomic E-state index is 9.68. The van der Waals surface area contributed by atoms with Gasteiger partial charge in [0.25, 0.3) is 0 Å². The van der Waals surface area contributed by atoms with Crippen LogP contribution in [-0.2, 0) is 16.8 Å². The molecule has 7 heteroatoms. The molecule has 0 aliphatic heterocycles. The van der Waals surface area contributed by atoms with Gasteiger partial charge in [0.05, 0.1) is 0 Å². The molecule has 6 nitrogen and oxygen atoms in total. The summed E-state index contributed by atoms with van der Waals surface area (Å²) >= 11 is 0. The van der Waals surface area contributed by atoms with E-state index in [0.717, 1.165) is 12.1 Å². The molecule has 0 heterocycles. The van der Waals surface area contributed by atoms with Gasteiger partial charge in [-0.15, -0.1) is 5.70 Å². The molecule has 0 amide bonds. The Morgan fingerprint density at radius 1 is 0.826 bits per heavy atom. The van der Waals surface area contributed by atoms with E-state index in [0.29, 0.717) is 11.1 Å². The molecular weight excluding hydrogens is 343 g/mol. The summed E-state index contributed by atoms with van der Waals surface area (Å²) in [6, 6.07) is 8.00. The fourth-order valence-corrected chi connectivity index (χ4v) is 1.79. The molecule has 0 aliphatic carbocycles. The second-order valence-electron chi connectivity index (χ2n) is 4.64. The molecule has 0 fully saturated rings. The van der Waals surface area contributed by atoms with E-state index in [-0.39, 0.29) is 51.2 Å². The molecule has 123 valence electrons. The Morgan fingerprint density at radius 2 is 1.26 bits per heavy atom. The average Bonchev–Trinajstić information content (AvgIpc) is 2.44. The second-order valence-corrected chi connectivity index (χ2v) is 4.64. The number of phenols is 4. The van der Waals surface area contributed by atoms with E-state index in [4.69, 9.17) is 11.5 Å². The molecule has 0 bridgehead atoms. The van der Waals surface area contributed by atoms with E-state index in [1.165, 1.54) is 36.4 Å². The van der Waals surface area contributed by atoms with Crippen LogP contribution in [0.3, 0.4) is 0 Å². The first-order valence-corrected chi connectivity index (χ1v) is 6.31. The van der Waals surface area contributed by atoms with Crippen molar-refractivity contribution in [2.24, 2.45) is 5.73 Å². The molecule has 1 radical (unpaired) electrons. The minimum atomic E-state index is -0.176. The molecule has 23 heavy (non-hydrogen) atoms. The average molecular weight is 358 g/mol. The molecule has 0 saturated carbocycles. The van der Waals surface area contributed by atoms with Crippen molar-refractivity contribution in [3.05, 3.63) is 64.7 Å². The minimum Gasteiger partial charge on any atom is -0.697 e. The molecule has 2 aromatic carbocycles. The summed E-state index contributed by atoms with van der Waals surface area (Å²) in [5, 5.41) is 37.8. The summed E-state index contributed by atoms with van der Waals surface area (Å²) in [4.78, 5) is 0. The van der Waals surface area contributed by atoms with Gasteiger partial charge in [-0.2, -0.15) is 0 Å². The van der Waals surface area contributed by atoms with Crippen LogP contribution >= 0.6 is 0 Å². The number of nitrogens with one attached hydrogen (secondary N) is 1. The molecule has 0 spiro atoms. The third kappa shape index (κ3) is 4.60. The van der Waals surface area contributed by atoms with Gasteiger partial charge in [0.1, 0.15) is 23.0 Å². The van der Waals surface area contributed by atoms with Crippen LogP contribution in [0.4, 0.5) is 0 Å². The van der Waals surface area contributed by atoms with Gasteiger partial charge in [-0.05, 0) is 30.3 Å². The van der Waals surface area contributed by atoms with Gasteiger partial charge in [-0.3, -0.25) is 0 Å². The Kier molecular flexibility index (Phi) is 5.94. The van der Waals surface area contributed by atoms with Crippen LogP contribution in [0.15, 0.2) is 47.8 Å². The van der Waals surface area contributed by atoms with Crippen molar-refractivity contribution in [2.75, 3.05) is 0 Å². The fourth-order valence-electron chi connectivity index (χ4n) is 1.79. The normalized spacial score (nSPS) is 11.8. The number of aromatic hydroxyl groups is 4. The van der Waals surface area contributed by atoms with E-state index in [2.05, 4.69) is 0 Å². The van der Waals surface area contributed by atoms with Crippen LogP contribution in [0.1, 0.15) is 11.1 Å². The Hall–Kier alpha value is -2.77. The van der Waals surface area contributed by atoms with Crippen LogP contribution < -0.4 is 5.73 Å². The van der Waals surface area contributed by atoms with Gasteiger partial charge in [0.2, 0.25) is 0 Å². The van der Waals surface area contributed by atoms with Gasteiger partial charge in [-0.1, -0.05) is 6.08 Å². The van der Waals surface area contributed by atoms with Crippen molar-refractivity contribution >= 4 is 12.2 Å². The molecule has 7 N–H and O–H groups in total. The topological polar surface area (TPSA) is 131 Å². The molecule has 0 aliphatic rings. The largest absolute Gasteiger partial charge is 0.697 e. The summed E-state index contributed by atoms with van der Waals surface area (Å²) in [7, 11) is 0. The molecule has 0 unspecified atom stereocenters.